The monoisotopic (exact) mass is 580 g/mol. The Morgan fingerprint density at radius 2 is 1.85 bits per heavy atom. The predicted molar refractivity (Wildman–Crippen MR) is 157 cm³/mol. The van der Waals surface area contributed by atoms with Gasteiger partial charge in [0.25, 0.3) is 15.9 Å². The average Bonchev–Trinajstić information content (AvgIpc) is 3.64. The van der Waals surface area contributed by atoms with Crippen LogP contribution in [0.3, 0.4) is 0 Å². The minimum absolute atomic E-state index is 0.0379. The summed E-state index contributed by atoms with van der Waals surface area (Å²) in [5.74, 6) is -1.02. The van der Waals surface area contributed by atoms with Crippen LogP contribution in [-0.2, 0) is 28.1 Å². The maximum atomic E-state index is 13.0. The number of amides is 2. The third-order valence-corrected chi connectivity index (χ3v) is 8.46. The Hall–Kier alpha value is -4.31. The van der Waals surface area contributed by atoms with E-state index < -0.39 is 35.4 Å². The molecule has 0 bridgehead atoms. The number of nitrogens with zero attached hydrogens (tertiary/aromatic N) is 1. The molecule has 0 unspecified atom stereocenters. The van der Waals surface area contributed by atoms with Crippen LogP contribution in [0.5, 0.6) is 5.75 Å². The number of carbonyl (C=O) groups is 2. The molecular weight excluding hydrogens is 542 g/mol. The van der Waals surface area contributed by atoms with Gasteiger partial charge in [0.15, 0.2) is 0 Å². The number of anilines is 1. The van der Waals surface area contributed by atoms with E-state index in [2.05, 4.69) is 5.32 Å². The zero-order valence-electron chi connectivity index (χ0n) is 27.6. The number of ether oxygens (including phenoxy) is 2. The Kier molecular flexibility index (Phi) is 6.37. The Morgan fingerprint density at radius 1 is 1.07 bits per heavy atom. The fourth-order valence-corrected chi connectivity index (χ4v) is 6.11. The molecule has 5 rings (SSSR count). The Balaban J connectivity index is 1.50. The highest BCUT2D eigenvalue weighted by molar-refractivity contribution is 7.90. The van der Waals surface area contributed by atoms with Crippen molar-refractivity contribution in [1.82, 2.24) is 9.29 Å². The summed E-state index contributed by atoms with van der Waals surface area (Å²) in [5, 5.41) is 2.87. The van der Waals surface area contributed by atoms with Gasteiger partial charge in [-0.1, -0.05) is 24.3 Å². The van der Waals surface area contributed by atoms with E-state index >= 15 is 0 Å². The molecule has 1 aliphatic carbocycles. The molecule has 3 aromatic carbocycles. The van der Waals surface area contributed by atoms with Gasteiger partial charge in [-0.05, 0) is 85.7 Å². The number of methoxy groups -OCH3 is 1. The number of fused-ring (bicyclic) bond motifs is 1. The summed E-state index contributed by atoms with van der Waals surface area (Å²) in [7, 11) is -2.94. The quantitative estimate of drug-likeness (QED) is 0.276. The van der Waals surface area contributed by atoms with Crippen molar-refractivity contribution in [2.45, 2.75) is 50.0 Å². The smallest absolute Gasteiger partial charge is 0.411 e. The third-order valence-electron chi connectivity index (χ3n) is 6.97. The highest BCUT2D eigenvalue weighted by Gasteiger charge is 2.22. The number of aryl methyl sites for hydroxylation is 2. The van der Waals surface area contributed by atoms with Crippen LogP contribution in [0.1, 0.15) is 59.6 Å². The fraction of sp³-hybridized carbons (Fsp3) is 0.290. The van der Waals surface area contributed by atoms with Gasteiger partial charge in [0, 0.05) is 48.6 Å². The molecule has 0 saturated heterocycles. The Labute approximate surface area is 246 Å². The predicted octanol–water partition coefficient (Wildman–Crippen LogP) is 5.70. The summed E-state index contributed by atoms with van der Waals surface area (Å²) in [6.45, 7) is -1.05. The maximum Gasteiger partial charge on any atom is 0.411 e. The van der Waals surface area contributed by atoms with E-state index in [1.165, 1.54) is 61.8 Å². The van der Waals surface area contributed by atoms with Crippen molar-refractivity contribution < 1.29 is 34.3 Å². The van der Waals surface area contributed by atoms with Gasteiger partial charge in [0.05, 0.1) is 12.0 Å². The lowest BCUT2D eigenvalue weighted by Crippen LogP contribution is -2.31. The molecule has 1 aromatic heterocycles. The first-order valence-electron chi connectivity index (χ1n) is 15.6. The van der Waals surface area contributed by atoms with Crippen LogP contribution in [-0.4, -0.2) is 38.2 Å². The molecule has 0 radical (unpaired) electrons. The molecule has 41 heavy (non-hydrogen) atoms. The lowest BCUT2D eigenvalue weighted by atomic mass is 10.0. The molecule has 10 heteroatoms. The van der Waals surface area contributed by atoms with Crippen LogP contribution in [0.25, 0.3) is 10.9 Å². The second-order valence-corrected chi connectivity index (χ2v) is 11.5. The maximum absolute atomic E-state index is 13.0. The summed E-state index contributed by atoms with van der Waals surface area (Å²) in [6, 6.07) is 14.4. The van der Waals surface area contributed by atoms with Gasteiger partial charge in [-0.15, -0.1) is 0 Å². The highest BCUT2D eigenvalue weighted by atomic mass is 32.2. The molecule has 0 atom stereocenters. The molecule has 214 valence electrons. The number of nitrogens with one attached hydrogen (secondary N) is 2. The molecule has 0 aliphatic heterocycles. The van der Waals surface area contributed by atoms with Crippen LogP contribution in [0.2, 0.25) is 0 Å². The second-order valence-electron chi connectivity index (χ2n) is 9.82. The molecule has 1 saturated carbocycles. The van der Waals surface area contributed by atoms with E-state index in [0.717, 1.165) is 30.3 Å². The van der Waals surface area contributed by atoms with Crippen molar-refractivity contribution in [2.24, 2.45) is 6.98 Å². The van der Waals surface area contributed by atoms with Crippen molar-refractivity contribution >= 4 is 38.6 Å². The molecule has 1 heterocycles. The van der Waals surface area contributed by atoms with Gasteiger partial charge >= 0.3 is 6.09 Å². The first-order chi connectivity index (χ1) is 21.6. The van der Waals surface area contributed by atoms with Gasteiger partial charge in [-0.2, -0.15) is 0 Å². The van der Waals surface area contributed by atoms with E-state index in [1.807, 2.05) is 4.72 Å². The van der Waals surface area contributed by atoms with Gasteiger partial charge in [-0.25, -0.2) is 17.9 Å². The minimum atomic E-state index is -4.20. The van der Waals surface area contributed by atoms with Crippen molar-refractivity contribution in [3.63, 3.8) is 0 Å². The number of benzene rings is 3. The molecular formula is C31H33N3O6S. The zero-order chi connectivity index (χ0) is 33.4. The van der Waals surface area contributed by atoms with Crippen molar-refractivity contribution in [2.75, 3.05) is 12.4 Å². The van der Waals surface area contributed by atoms with Gasteiger partial charge < -0.3 is 14.0 Å². The summed E-state index contributed by atoms with van der Waals surface area (Å²) in [6.07, 6.45) is 1.49. The fourth-order valence-electron chi connectivity index (χ4n) is 4.89. The Morgan fingerprint density at radius 3 is 2.59 bits per heavy atom. The van der Waals surface area contributed by atoms with E-state index in [9.17, 15) is 18.0 Å². The van der Waals surface area contributed by atoms with Crippen molar-refractivity contribution in [3.05, 3.63) is 89.1 Å². The van der Waals surface area contributed by atoms with E-state index in [0.29, 0.717) is 5.56 Å². The number of aromatic nitrogens is 1. The van der Waals surface area contributed by atoms with E-state index in [1.54, 1.807) is 19.1 Å². The van der Waals surface area contributed by atoms with Gasteiger partial charge in [0.2, 0.25) is 0 Å². The molecule has 4 aromatic rings. The highest BCUT2D eigenvalue weighted by Crippen LogP contribution is 2.30. The van der Waals surface area contributed by atoms with Crippen LogP contribution >= 0.6 is 0 Å². The molecule has 0 spiro atoms. The SMILES string of the molecule is [2H]C([2H])(c1ccc(C(=O)NS(=O)(=O)c2ccccc2C)cc1OC)c1cn(C([2H])([2H])[2H])c2ccc(NC(=O)OC3CCCC3)cc12. The number of hydrogen-bond acceptors (Lipinski definition) is 6. The molecule has 2 N–H and O–H groups in total. The van der Waals surface area contributed by atoms with Crippen LogP contribution in [0, 0.1) is 6.92 Å². The van der Waals surface area contributed by atoms with Crippen LogP contribution in [0.15, 0.2) is 71.8 Å². The number of hydrogen-bond donors (Lipinski definition) is 2. The zero-order valence-corrected chi connectivity index (χ0v) is 23.4. The summed E-state index contributed by atoms with van der Waals surface area (Å²) in [5.41, 5.74) is 0.741. The minimum Gasteiger partial charge on any atom is -0.496 e. The van der Waals surface area contributed by atoms with Crippen molar-refractivity contribution in [1.29, 1.82) is 0 Å². The summed E-state index contributed by atoms with van der Waals surface area (Å²) < 4.78 is 82.1. The van der Waals surface area contributed by atoms with E-state index in [4.69, 9.17) is 16.3 Å². The summed E-state index contributed by atoms with van der Waals surface area (Å²) >= 11 is 0. The lowest BCUT2D eigenvalue weighted by molar-refractivity contribution is 0.0980. The van der Waals surface area contributed by atoms with E-state index in [-0.39, 0.29) is 50.0 Å². The van der Waals surface area contributed by atoms with Gasteiger partial charge in [-0.3, -0.25) is 10.1 Å². The third kappa shape index (κ3) is 6.22. The topological polar surface area (TPSA) is 116 Å². The number of sulfonamides is 1. The van der Waals surface area contributed by atoms with Crippen molar-refractivity contribution in [3.8, 4) is 5.75 Å². The lowest BCUT2D eigenvalue weighted by Gasteiger charge is -2.13. The number of rotatable bonds is 8. The Bertz CT molecular complexity index is 1920. The number of carbonyl (C=O) groups excluding carboxylic acids is 2. The molecule has 1 aliphatic rings. The standard InChI is InChI=1S/C31H33N3O6S/c1-20-8-4-7-11-29(20)41(37,38)33-30(35)22-13-12-21(28(17-22)39-3)16-23-19-34(2)27-15-14-24(18-26(23)27)32-31(36)40-25-9-5-6-10-25/h4,7-8,11-15,17-19,25H,5-6,9-10,16H2,1-3H3,(H,32,36)(H,33,35)/i2D3,16D2. The normalized spacial score (nSPS) is 16.2. The summed E-state index contributed by atoms with van der Waals surface area (Å²) in [4.78, 5) is 25.5. The average molecular weight is 581 g/mol. The largest absolute Gasteiger partial charge is 0.496 e. The molecule has 1 fully saturated rings. The molecule has 2 amide bonds. The van der Waals surface area contributed by atoms with Crippen LogP contribution in [0.4, 0.5) is 10.5 Å². The first-order valence-corrected chi connectivity index (χ1v) is 14.5. The van der Waals surface area contributed by atoms with Crippen LogP contribution < -0.4 is 14.8 Å². The first kappa shape index (κ1) is 22.4. The molecule has 9 nitrogen and oxygen atoms in total. The second kappa shape index (κ2) is 11.7. The van der Waals surface area contributed by atoms with Gasteiger partial charge in [0.1, 0.15) is 11.9 Å².